The van der Waals surface area contributed by atoms with E-state index in [1.54, 1.807) is 0 Å². The SMILES string of the molecule is CC/C=C\C/C=C\C/C=C\C/C=C\C/C=C\CCCCCC(=O)O[C@H](COC(=O)CCCCCCCCC/C=C\CCCCCC)COC(=O)CCCCCCCCCCCCCCCCCCCCC. The Kier molecular flexibility index (Phi) is 56.8. The third-order valence-electron chi connectivity index (χ3n) is 13.2. The maximum absolute atomic E-state index is 12.9. The molecule has 0 aromatic carbocycles. The predicted molar refractivity (Wildman–Crippen MR) is 307 cm³/mol. The normalized spacial score (nSPS) is 12.5. The van der Waals surface area contributed by atoms with Crippen molar-refractivity contribution in [3.05, 3.63) is 72.9 Å². The van der Waals surface area contributed by atoms with Gasteiger partial charge in [0.05, 0.1) is 0 Å². The van der Waals surface area contributed by atoms with Gasteiger partial charge in [-0.05, 0) is 89.9 Å². The van der Waals surface area contributed by atoms with Crippen LogP contribution >= 0.6 is 0 Å². The smallest absolute Gasteiger partial charge is 0.306 e. The maximum Gasteiger partial charge on any atom is 0.306 e. The number of hydrogen-bond acceptors (Lipinski definition) is 6. The number of ether oxygens (including phenoxy) is 3. The summed E-state index contributed by atoms with van der Waals surface area (Å²) in [5.74, 6) is -0.911. The summed E-state index contributed by atoms with van der Waals surface area (Å²) in [4.78, 5) is 38.2. The van der Waals surface area contributed by atoms with E-state index >= 15 is 0 Å². The lowest BCUT2D eigenvalue weighted by Crippen LogP contribution is -2.30. The van der Waals surface area contributed by atoms with Gasteiger partial charge in [0.2, 0.25) is 0 Å². The topological polar surface area (TPSA) is 78.9 Å². The summed E-state index contributed by atoms with van der Waals surface area (Å²) in [6, 6.07) is 0. The van der Waals surface area contributed by atoms with Crippen LogP contribution in [0.5, 0.6) is 0 Å². The molecule has 6 heteroatoms. The van der Waals surface area contributed by atoms with Crippen LogP contribution in [0.4, 0.5) is 0 Å². The van der Waals surface area contributed by atoms with Crippen molar-refractivity contribution in [2.75, 3.05) is 13.2 Å². The van der Waals surface area contributed by atoms with E-state index in [9.17, 15) is 14.4 Å². The zero-order chi connectivity index (χ0) is 51.4. The van der Waals surface area contributed by atoms with Crippen LogP contribution in [-0.4, -0.2) is 37.2 Å². The van der Waals surface area contributed by atoms with Crippen LogP contribution in [-0.2, 0) is 28.6 Å². The third kappa shape index (κ3) is 57.6. The number of hydrogen-bond donors (Lipinski definition) is 0. The Labute approximate surface area is 440 Å². The molecule has 0 aliphatic rings. The van der Waals surface area contributed by atoms with E-state index in [0.717, 1.165) is 96.3 Å². The molecule has 0 radical (unpaired) electrons. The number of carbonyl (C=O) groups excluding carboxylic acids is 3. The van der Waals surface area contributed by atoms with Crippen LogP contribution in [0.1, 0.15) is 303 Å². The Balaban J connectivity index is 4.41. The number of allylic oxidation sites excluding steroid dienone is 12. The van der Waals surface area contributed by atoms with Gasteiger partial charge < -0.3 is 14.2 Å². The fourth-order valence-corrected chi connectivity index (χ4v) is 8.64. The second-order valence-electron chi connectivity index (χ2n) is 20.2. The number of unbranched alkanes of at least 4 members (excludes halogenated alkanes) is 32. The molecule has 0 aliphatic heterocycles. The lowest BCUT2D eigenvalue weighted by atomic mass is 10.0. The fraction of sp³-hybridized carbons (Fsp3) is 0.769. The van der Waals surface area contributed by atoms with E-state index in [1.165, 1.54) is 167 Å². The molecule has 0 amide bonds. The minimum absolute atomic E-state index is 0.0875. The molecule has 0 saturated heterocycles. The monoisotopic (exact) mass is 991 g/mol. The van der Waals surface area contributed by atoms with Crippen molar-refractivity contribution < 1.29 is 28.6 Å². The molecule has 0 aromatic rings. The standard InChI is InChI=1S/C65H114O6/c1-4-7-10-13-16-19-22-25-28-30-32-34-37-40-43-46-49-52-55-58-64(67)70-61-62(60-69-63(66)57-54-51-48-45-42-39-36-27-24-21-18-15-12-9-6-3)71-65(68)59-56-53-50-47-44-41-38-35-33-31-29-26-23-20-17-14-11-8-5-2/h8,11,17,20-21,24,26,29,33,35,41,44,62H,4-7,9-10,12-16,18-19,22-23,25,27-28,30-32,34,36-40,42-43,45-61H2,1-3H3/b11-8-,20-17-,24-21-,29-26-,35-33-,44-41-/t62-/m1/s1. The molecule has 0 rings (SSSR count). The molecule has 0 bridgehead atoms. The van der Waals surface area contributed by atoms with Crippen LogP contribution in [0, 0.1) is 0 Å². The van der Waals surface area contributed by atoms with Crippen molar-refractivity contribution in [1.29, 1.82) is 0 Å². The van der Waals surface area contributed by atoms with Gasteiger partial charge in [-0.15, -0.1) is 0 Å². The summed E-state index contributed by atoms with van der Waals surface area (Å²) in [7, 11) is 0. The fourth-order valence-electron chi connectivity index (χ4n) is 8.64. The quantitative estimate of drug-likeness (QED) is 0.0261. The summed E-state index contributed by atoms with van der Waals surface area (Å²) >= 11 is 0. The van der Waals surface area contributed by atoms with Crippen molar-refractivity contribution in [1.82, 2.24) is 0 Å². The van der Waals surface area contributed by atoms with Crippen LogP contribution in [0.15, 0.2) is 72.9 Å². The van der Waals surface area contributed by atoms with Crippen LogP contribution in [0.25, 0.3) is 0 Å². The molecule has 0 saturated carbocycles. The van der Waals surface area contributed by atoms with Gasteiger partial charge in [-0.1, -0.05) is 267 Å². The summed E-state index contributed by atoms with van der Waals surface area (Å²) in [6.45, 7) is 6.52. The number of rotatable bonds is 55. The largest absolute Gasteiger partial charge is 0.462 e. The minimum atomic E-state index is -0.794. The minimum Gasteiger partial charge on any atom is -0.462 e. The molecule has 0 fully saturated rings. The first-order chi connectivity index (χ1) is 35.0. The highest BCUT2D eigenvalue weighted by Crippen LogP contribution is 2.16. The van der Waals surface area contributed by atoms with E-state index in [1.807, 2.05) is 0 Å². The van der Waals surface area contributed by atoms with Crippen molar-refractivity contribution in [2.24, 2.45) is 0 Å². The van der Waals surface area contributed by atoms with Gasteiger partial charge in [0, 0.05) is 19.3 Å². The van der Waals surface area contributed by atoms with Crippen molar-refractivity contribution in [3.8, 4) is 0 Å². The molecule has 6 nitrogen and oxygen atoms in total. The Hall–Kier alpha value is -3.15. The zero-order valence-corrected chi connectivity index (χ0v) is 47.0. The van der Waals surface area contributed by atoms with Gasteiger partial charge in [-0.25, -0.2) is 0 Å². The lowest BCUT2D eigenvalue weighted by molar-refractivity contribution is -0.167. The lowest BCUT2D eigenvalue weighted by Gasteiger charge is -2.18. The first kappa shape index (κ1) is 67.8. The highest BCUT2D eigenvalue weighted by Gasteiger charge is 2.19. The summed E-state index contributed by atoms with van der Waals surface area (Å²) < 4.78 is 16.9. The Bertz CT molecular complexity index is 1320. The average molecular weight is 992 g/mol. The van der Waals surface area contributed by atoms with Crippen molar-refractivity contribution >= 4 is 17.9 Å². The predicted octanol–water partition coefficient (Wildman–Crippen LogP) is 20.5. The molecular formula is C65H114O6. The molecule has 0 spiro atoms. The second-order valence-corrected chi connectivity index (χ2v) is 20.2. The first-order valence-electron chi connectivity index (χ1n) is 30.4. The zero-order valence-electron chi connectivity index (χ0n) is 47.0. The van der Waals surface area contributed by atoms with Crippen LogP contribution in [0.2, 0.25) is 0 Å². The van der Waals surface area contributed by atoms with Crippen molar-refractivity contribution in [2.45, 2.75) is 309 Å². The van der Waals surface area contributed by atoms with Gasteiger partial charge in [0.25, 0.3) is 0 Å². The molecule has 0 unspecified atom stereocenters. The van der Waals surface area contributed by atoms with E-state index in [2.05, 4.69) is 93.7 Å². The van der Waals surface area contributed by atoms with E-state index < -0.39 is 6.10 Å². The van der Waals surface area contributed by atoms with E-state index in [0.29, 0.717) is 19.3 Å². The number of esters is 3. The first-order valence-corrected chi connectivity index (χ1v) is 30.4. The van der Waals surface area contributed by atoms with Gasteiger partial charge >= 0.3 is 17.9 Å². The summed E-state index contributed by atoms with van der Waals surface area (Å²) in [6.07, 6.45) is 76.1. The highest BCUT2D eigenvalue weighted by atomic mass is 16.6. The molecule has 71 heavy (non-hydrogen) atoms. The summed E-state index contributed by atoms with van der Waals surface area (Å²) in [5, 5.41) is 0. The van der Waals surface area contributed by atoms with Crippen LogP contribution in [0.3, 0.4) is 0 Å². The molecule has 0 N–H and O–H groups in total. The Morgan fingerprint density at radius 2 is 0.549 bits per heavy atom. The molecule has 0 aromatic heterocycles. The van der Waals surface area contributed by atoms with Gasteiger partial charge in [-0.2, -0.15) is 0 Å². The molecular weight excluding hydrogens is 877 g/mol. The second kappa shape index (κ2) is 59.4. The average Bonchev–Trinajstić information content (AvgIpc) is 3.37. The van der Waals surface area contributed by atoms with Gasteiger partial charge in [0.15, 0.2) is 6.10 Å². The van der Waals surface area contributed by atoms with E-state index in [4.69, 9.17) is 14.2 Å². The molecule has 0 aliphatic carbocycles. The summed E-state index contributed by atoms with van der Waals surface area (Å²) in [5.41, 5.74) is 0. The third-order valence-corrected chi connectivity index (χ3v) is 13.2. The molecule has 0 heterocycles. The molecule has 410 valence electrons. The Morgan fingerprint density at radius 3 is 0.901 bits per heavy atom. The van der Waals surface area contributed by atoms with Gasteiger partial charge in [-0.3, -0.25) is 14.4 Å². The Morgan fingerprint density at radius 1 is 0.296 bits per heavy atom. The maximum atomic E-state index is 12.9. The van der Waals surface area contributed by atoms with Crippen molar-refractivity contribution in [3.63, 3.8) is 0 Å². The van der Waals surface area contributed by atoms with Crippen LogP contribution < -0.4 is 0 Å². The van der Waals surface area contributed by atoms with E-state index in [-0.39, 0.29) is 31.1 Å². The molecule has 1 atom stereocenters. The van der Waals surface area contributed by atoms with Gasteiger partial charge in [0.1, 0.15) is 13.2 Å². The highest BCUT2D eigenvalue weighted by molar-refractivity contribution is 5.71. The number of carbonyl (C=O) groups is 3.